The molecule has 1 fully saturated rings. The van der Waals surface area contributed by atoms with Crippen molar-refractivity contribution in [1.29, 1.82) is 0 Å². The van der Waals surface area contributed by atoms with E-state index in [9.17, 15) is 4.79 Å². The van der Waals surface area contributed by atoms with Crippen LogP contribution >= 0.6 is 46.6 Å². The largest absolute Gasteiger partial charge is 0.457 e. The van der Waals surface area contributed by atoms with Gasteiger partial charge in [-0.25, -0.2) is 4.99 Å². The van der Waals surface area contributed by atoms with Crippen LogP contribution < -0.4 is 5.32 Å². The Hall–Kier alpha value is -2.18. The van der Waals surface area contributed by atoms with E-state index in [0.717, 1.165) is 11.1 Å². The molecule has 2 heterocycles. The molecule has 3 aromatic rings. The summed E-state index contributed by atoms with van der Waals surface area (Å²) in [5.41, 5.74) is 2.36. The molecule has 4 rings (SSSR count). The lowest BCUT2D eigenvalue weighted by Gasteiger charge is -2.00. The van der Waals surface area contributed by atoms with Crippen LogP contribution in [0.5, 0.6) is 0 Å². The van der Waals surface area contributed by atoms with Gasteiger partial charge in [0.15, 0.2) is 5.17 Å². The number of carbonyl (C=O) groups excluding carboxylic acids is 1. The molecule has 0 aliphatic carbocycles. The van der Waals surface area contributed by atoms with Gasteiger partial charge in [0.05, 0.1) is 15.6 Å². The predicted molar refractivity (Wildman–Crippen MR) is 121 cm³/mol. The van der Waals surface area contributed by atoms with Crippen molar-refractivity contribution >= 4 is 69.4 Å². The molecule has 1 aliphatic heterocycles. The summed E-state index contributed by atoms with van der Waals surface area (Å²) in [6, 6.07) is 14.2. The molecule has 4 nitrogen and oxygen atoms in total. The second-order valence-electron chi connectivity index (χ2n) is 6.24. The average Bonchev–Trinajstić information content (AvgIpc) is 3.25. The van der Waals surface area contributed by atoms with Gasteiger partial charge in [-0.15, -0.1) is 0 Å². The highest BCUT2D eigenvalue weighted by atomic mass is 35.5. The van der Waals surface area contributed by atoms with Crippen LogP contribution in [0.2, 0.25) is 15.1 Å². The fourth-order valence-corrected chi connectivity index (χ4v) is 4.13. The number of carbonyl (C=O) groups is 1. The highest BCUT2D eigenvalue weighted by molar-refractivity contribution is 8.18. The normalized spacial score (nSPS) is 16.6. The van der Waals surface area contributed by atoms with Crippen molar-refractivity contribution < 1.29 is 9.21 Å². The van der Waals surface area contributed by atoms with E-state index in [2.05, 4.69) is 10.3 Å². The Labute approximate surface area is 186 Å². The van der Waals surface area contributed by atoms with Crippen molar-refractivity contribution in [3.63, 3.8) is 0 Å². The van der Waals surface area contributed by atoms with Crippen molar-refractivity contribution in [3.05, 3.63) is 79.8 Å². The van der Waals surface area contributed by atoms with Crippen LogP contribution in [0.15, 0.2) is 62.8 Å². The van der Waals surface area contributed by atoms with Crippen molar-refractivity contribution in [1.82, 2.24) is 5.32 Å². The molecule has 1 N–H and O–H groups in total. The van der Waals surface area contributed by atoms with E-state index in [1.54, 1.807) is 48.5 Å². The fraction of sp³-hybridized carbons (Fsp3) is 0.0476. The number of amidine groups is 1. The number of rotatable bonds is 3. The van der Waals surface area contributed by atoms with Gasteiger partial charge in [0.2, 0.25) is 0 Å². The van der Waals surface area contributed by atoms with E-state index in [1.807, 2.05) is 13.0 Å². The van der Waals surface area contributed by atoms with E-state index in [1.165, 1.54) is 11.8 Å². The van der Waals surface area contributed by atoms with Crippen molar-refractivity contribution in [2.24, 2.45) is 4.99 Å². The molecule has 8 heteroatoms. The fourth-order valence-electron chi connectivity index (χ4n) is 2.69. The minimum absolute atomic E-state index is 0.234. The molecule has 0 atom stereocenters. The quantitative estimate of drug-likeness (QED) is 0.421. The van der Waals surface area contributed by atoms with Gasteiger partial charge in [-0.2, -0.15) is 0 Å². The van der Waals surface area contributed by atoms with Gasteiger partial charge in [0.1, 0.15) is 11.5 Å². The molecule has 0 unspecified atom stereocenters. The van der Waals surface area contributed by atoms with Crippen LogP contribution in [-0.2, 0) is 4.79 Å². The molecule has 146 valence electrons. The molecular weight excluding hydrogens is 451 g/mol. The number of benzene rings is 2. The number of amides is 1. The molecule has 1 aromatic heterocycles. The first-order chi connectivity index (χ1) is 13.9. The Kier molecular flexibility index (Phi) is 5.74. The minimum Gasteiger partial charge on any atom is -0.457 e. The zero-order valence-corrected chi connectivity index (χ0v) is 18.1. The van der Waals surface area contributed by atoms with Crippen LogP contribution in [0.1, 0.15) is 11.3 Å². The standard InChI is InChI=1S/C21H13Cl3N2O2S/c1-11-8-13(3-6-16(11)23)25-21-26-20(27)19(29-21)10-14-4-7-18(28-14)15-5-2-12(22)9-17(15)24/h2-10H,1H3,(H,25,26,27)/b19-10-. The lowest BCUT2D eigenvalue weighted by Crippen LogP contribution is -2.19. The molecule has 0 spiro atoms. The van der Waals surface area contributed by atoms with E-state index < -0.39 is 0 Å². The molecule has 2 aromatic carbocycles. The summed E-state index contributed by atoms with van der Waals surface area (Å²) in [5, 5.41) is 4.97. The number of nitrogens with one attached hydrogen (secondary N) is 1. The van der Waals surface area contributed by atoms with Gasteiger partial charge < -0.3 is 9.73 Å². The number of hydrogen-bond donors (Lipinski definition) is 1. The number of furan rings is 1. The third kappa shape index (κ3) is 4.54. The molecule has 0 bridgehead atoms. The Balaban J connectivity index is 1.56. The van der Waals surface area contributed by atoms with Crippen molar-refractivity contribution in [3.8, 4) is 11.3 Å². The minimum atomic E-state index is -0.234. The highest BCUT2D eigenvalue weighted by Gasteiger charge is 2.24. The first-order valence-corrected chi connectivity index (χ1v) is 10.4. The maximum absolute atomic E-state index is 12.3. The predicted octanol–water partition coefficient (Wildman–Crippen LogP) is 7.11. The van der Waals surface area contributed by atoms with Crippen molar-refractivity contribution in [2.75, 3.05) is 0 Å². The highest BCUT2D eigenvalue weighted by Crippen LogP contribution is 2.34. The number of aryl methyl sites for hydroxylation is 1. The van der Waals surface area contributed by atoms with Crippen LogP contribution in [0, 0.1) is 6.92 Å². The second kappa shape index (κ2) is 8.28. The van der Waals surface area contributed by atoms with Crippen LogP contribution in [0.3, 0.4) is 0 Å². The van der Waals surface area contributed by atoms with Gasteiger partial charge in [-0.1, -0.05) is 34.8 Å². The summed E-state index contributed by atoms with van der Waals surface area (Å²) in [4.78, 5) is 17.2. The number of aliphatic imine (C=N–C) groups is 1. The summed E-state index contributed by atoms with van der Waals surface area (Å²) in [6.45, 7) is 1.90. The third-order valence-electron chi connectivity index (χ3n) is 4.12. The summed E-state index contributed by atoms with van der Waals surface area (Å²) >= 11 is 19.5. The Bertz CT molecular complexity index is 1180. The van der Waals surface area contributed by atoms with E-state index >= 15 is 0 Å². The summed E-state index contributed by atoms with van der Waals surface area (Å²) in [7, 11) is 0. The molecule has 1 aliphatic rings. The monoisotopic (exact) mass is 462 g/mol. The van der Waals surface area contributed by atoms with Gasteiger partial charge in [0.25, 0.3) is 5.91 Å². The lowest BCUT2D eigenvalue weighted by molar-refractivity contribution is -0.115. The first kappa shape index (κ1) is 20.1. The summed E-state index contributed by atoms with van der Waals surface area (Å²) < 4.78 is 5.83. The van der Waals surface area contributed by atoms with Gasteiger partial charge in [-0.05, 0) is 72.8 Å². The maximum atomic E-state index is 12.3. The Morgan fingerprint density at radius 1 is 1.03 bits per heavy atom. The smallest absolute Gasteiger partial charge is 0.264 e. The first-order valence-electron chi connectivity index (χ1n) is 8.50. The van der Waals surface area contributed by atoms with Gasteiger partial charge in [0, 0.05) is 21.7 Å². The third-order valence-corrected chi connectivity index (χ3v) is 6.00. The molecule has 29 heavy (non-hydrogen) atoms. The Morgan fingerprint density at radius 2 is 1.86 bits per heavy atom. The van der Waals surface area contributed by atoms with Gasteiger partial charge in [-0.3, -0.25) is 4.79 Å². The zero-order chi connectivity index (χ0) is 20.5. The van der Waals surface area contributed by atoms with Crippen LogP contribution in [0.25, 0.3) is 17.4 Å². The van der Waals surface area contributed by atoms with E-state index in [-0.39, 0.29) is 5.91 Å². The molecule has 1 saturated heterocycles. The van der Waals surface area contributed by atoms with E-state index in [0.29, 0.717) is 42.3 Å². The average molecular weight is 464 g/mol. The molecule has 0 radical (unpaired) electrons. The Morgan fingerprint density at radius 3 is 2.62 bits per heavy atom. The molecular formula is C21H13Cl3N2O2S. The van der Waals surface area contributed by atoms with Gasteiger partial charge >= 0.3 is 0 Å². The zero-order valence-electron chi connectivity index (χ0n) is 15.0. The summed E-state index contributed by atoms with van der Waals surface area (Å²) in [5.74, 6) is 0.890. The number of halogens is 3. The summed E-state index contributed by atoms with van der Waals surface area (Å²) in [6.07, 6.45) is 1.67. The molecule has 1 amide bonds. The second-order valence-corrected chi connectivity index (χ2v) is 8.52. The van der Waals surface area contributed by atoms with E-state index in [4.69, 9.17) is 39.2 Å². The molecule has 0 saturated carbocycles. The van der Waals surface area contributed by atoms with Crippen molar-refractivity contribution in [2.45, 2.75) is 6.92 Å². The number of thioether (sulfide) groups is 1. The van der Waals surface area contributed by atoms with Crippen LogP contribution in [-0.4, -0.2) is 11.1 Å². The number of nitrogens with zero attached hydrogens (tertiary/aromatic N) is 1. The number of hydrogen-bond acceptors (Lipinski definition) is 4. The topological polar surface area (TPSA) is 54.6 Å². The lowest BCUT2D eigenvalue weighted by atomic mass is 10.2. The maximum Gasteiger partial charge on any atom is 0.264 e. The van der Waals surface area contributed by atoms with Crippen LogP contribution in [0.4, 0.5) is 5.69 Å². The SMILES string of the molecule is Cc1cc(N=C2NC(=O)/C(=C/c3ccc(-c4ccc(Cl)cc4Cl)o3)S2)ccc1Cl.